The quantitative estimate of drug-likeness (QED) is 0.671. The summed E-state index contributed by atoms with van der Waals surface area (Å²) in [4.78, 5) is -0.00563. The monoisotopic (exact) mass is 440 g/mol. The van der Waals surface area contributed by atoms with Crippen molar-refractivity contribution in [3.8, 4) is 0 Å². The van der Waals surface area contributed by atoms with E-state index in [9.17, 15) is 12.8 Å². The Labute approximate surface area is 178 Å². The zero-order valence-corrected chi connectivity index (χ0v) is 18.9. The summed E-state index contributed by atoms with van der Waals surface area (Å²) in [5.41, 5.74) is -0.984. The van der Waals surface area contributed by atoms with Crippen molar-refractivity contribution >= 4 is 22.4 Å². The van der Waals surface area contributed by atoms with Crippen molar-refractivity contribution in [2.24, 2.45) is 5.92 Å². The molecule has 2 saturated heterocycles. The third-order valence-electron chi connectivity index (χ3n) is 6.97. The second-order valence-corrected chi connectivity index (χ2v) is 11.6. The topological polar surface area (TPSA) is 71.1 Å². The van der Waals surface area contributed by atoms with E-state index in [1.807, 2.05) is 27.7 Å². The highest BCUT2D eigenvalue weighted by Gasteiger charge is 2.52. The van der Waals surface area contributed by atoms with Crippen molar-refractivity contribution < 1.29 is 31.6 Å². The van der Waals surface area contributed by atoms with Crippen LogP contribution in [0.4, 0.5) is 4.39 Å². The van der Waals surface area contributed by atoms with Gasteiger partial charge in [0.15, 0.2) is 15.6 Å². The van der Waals surface area contributed by atoms with Crippen LogP contribution in [0, 0.1) is 11.7 Å². The van der Waals surface area contributed by atoms with Crippen molar-refractivity contribution in [3.63, 3.8) is 0 Å². The van der Waals surface area contributed by atoms with Crippen molar-refractivity contribution in [2.45, 2.75) is 75.3 Å². The number of hydrogen-bond acceptors (Lipinski definition) is 6. The van der Waals surface area contributed by atoms with E-state index in [4.69, 9.17) is 18.8 Å². The van der Waals surface area contributed by atoms with Gasteiger partial charge in [0, 0.05) is 18.3 Å². The van der Waals surface area contributed by atoms with E-state index in [1.165, 1.54) is 12.1 Å². The van der Waals surface area contributed by atoms with E-state index in [1.54, 1.807) is 0 Å². The molecule has 2 aliphatic heterocycles. The van der Waals surface area contributed by atoms with E-state index in [0.717, 1.165) is 6.07 Å². The Hall–Kier alpha value is -0.995. The summed E-state index contributed by atoms with van der Waals surface area (Å²) >= 11 is 0. The smallest absolute Gasteiger partial charge is 0.399 e. The molecule has 1 saturated carbocycles. The number of rotatable bonds is 4. The number of halogens is 1. The molecule has 3 aliphatic rings. The van der Waals surface area contributed by atoms with Crippen LogP contribution in [0.2, 0.25) is 0 Å². The Morgan fingerprint density at radius 2 is 1.60 bits per heavy atom. The molecule has 166 valence electrons. The first-order valence-corrected chi connectivity index (χ1v) is 12.2. The fraction of sp³-hybridized carbons (Fsp3) is 0.714. The lowest BCUT2D eigenvalue weighted by atomic mass is 9.79. The van der Waals surface area contributed by atoms with Gasteiger partial charge in [-0.1, -0.05) is 6.07 Å². The van der Waals surface area contributed by atoms with Gasteiger partial charge in [-0.25, -0.2) is 12.8 Å². The average molecular weight is 440 g/mol. The Kier molecular flexibility index (Phi) is 5.59. The second-order valence-electron chi connectivity index (χ2n) is 9.60. The van der Waals surface area contributed by atoms with E-state index >= 15 is 0 Å². The molecule has 4 rings (SSSR count). The average Bonchev–Trinajstić information content (AvgIpc) is 3.19. The number of ether oxygens (including phenoxy) is 2. The van der Waals surface area contributed by atoms with Crippen molar-refractivity contribution in [1.82, 2.24) is 0 Å². The van der Waals surface area contributed by atoms with Gasteiger partial charge in [-0.3, -0.25) is 0 Å². The van der Waals surface area contributed by atoms with Crippen LogP contribution in [-0.2, 0) is 28.6 Å². The summed E-state index contributed by atoms with van der Waals surface area (Å²) in [6.45, 7) is 8.74. The molecule has 0 aromatic heterocycles. The molecule has 30 heavy (non-hydrogen) atoms. The van der Waals surface area contributed by atoms with Gasteiger partial charge in [0.1, 0.15) is 5.82 Å². The molecule has 0 bridgehead atoms. The Balaban J connectivity index is 1.45. The van der Waals surface area contributed by atoms with E-state index < -0.39 is 39.8 Å². The summed E-state index contributed by atoms with van der Waals surface area (Å²) in [6.07, 6.45) is 2.83. The van der Waals surface area contributed by atoms with Crippen LogP contribution in [0.1, 0.15) is 53.4 Å². The third kappa shape index (κ3) is 4.07. The normalized spacial score (nSPS) is 25.8. The highest BCUT2D eigenvalue weighted by molar-refractivity contribution is 7.91. The van der Waals surface area contributed by atoms with Gasteiger partial charge in [-0.05, 0) is 58.6 Å². The maximum absolute atomic E-state index is 14.9. The summed E-state index contributed by atoms with van der Waals surface area (Å²) in [5, 5.41) is 0. The van der Waals surface area contributed by atoms with Gasteiger partial charge in [0.25, 0.3) is 0 Å². The van der Waals surface area contributed by atoms with Crippen molar-refractivity contribution in [3.05, 3.63) is 24.0 Å². The predicted molar refractivity (Wildman–Crippen MR) is 111 cm³/mol. The summed E-state index contributed by atoms with van der Waals surface area (Å²) in [7, 11) is -4.47. The Morgan fingerprint density at radius 3 is 2.13 bits per heavy atom. The van der Waals surface area contributed by atoms with Crippen LogP contribution in [0.15, 0.2) is 23.1 Å². The number of sulfone groups is 1. The van der Waals surface area contributed by atoms with Gasteiger partial charge in [-0.2, -0.15) is 0 Å². The van der Waals surface area contributed by atoms with Gasteiger partial charge < -0.3 is 18.8 Å². The molecular weight excluding hydrogens is 410 g/mol. The zero-order valence-electron chi connectivity index (χ0n) is 18.1. The van der Waals surface area contributed by atoms with Gasteiger partial charge in [0.2, 0.25) is 0 Å². The van der Waals surface area contributed by atoms with Crippen LogP contribution < -0.4 is 5.46 Å². The molecule has 1 aromatic rings. The molecule has 0 amide bonds. The Bertz CT molecular complexity index is 884. The molecule has 0 unspecified atom stereocenters. The third-order valence-corrected chi connectivity index (χ3v) is 8.86. The molecule has 9 heteroatoms. The lowest BCUT2D eigenvalue weighted by Gasteiger charge is -2.35. The molecule has 0 N–H and O–H groups in total. The highest BCUT2D eigenvalue weighted by Crippen LogP contribution is 2.39. The fourth-order valence-corrected chi connectivity index (χ4v) is 6.04. The minimum absolute atomic E-state index is 0.00163. The first kappa shape index (κ1) is 22.2. The Morgan fingerprint density at radius 1 is 1.03 bits per heavy atom. The van der Waals surface area contributed by atoms with Crippen LogP contribution in [0.5, 0.6) is 0 Å². The number of benzene rings is 1. The lowest BCUT2D eigenvalue weighted by Crippen LogP contribution is -2.41. The molecule has 0 atom stereocenters. The molecule has 2 heterocycles. The SMILES string of the molecule is CC1(C)OB(c2ccc(S(=O)(=O)CC3CCC4(CC3)OCCO4)cc2F)OC1(C)C. The first-order chi connectivity index (χ1) is 13.9. The molecule has 6 nitrogen and oxygen atoms in total. The minimum Gasteiger partial charge on any atom is -0.399 e. The molecule has 1 aromatic carbocycles. The van der Waals surface area contributed by atoms with Gasteiger partial charge >= 0.3 is 7.12 Å². The van der Waals surface area contributed by atoms with Crippen LogP contribution in [0.25, 0.3) is 0 Å². The second kappa shape index (κ2) is 7.55. The van der Waals surface area contributed by atoms with E-state index in [2.05, 4.69) is 0 Å². The standard InChI is InChI=1S/C21H30BFO6S/c1-19(2)20(3,4)29-22(28-19)17-6-5-16(13-18(17)23)30(24,25)14-15-7-9-21(10-8-15)26-11-12-27-21/h5-6,13,15H,7-12,14H2,1-4H3. The van der Waals surface area contributed by atoms with E-state index in [-0.39, 0.29) is 22.0 Å². The van der Waals surface area contributed by atoms with Gasteiger partial charge in [-0.15, -0.1) is 0 Å². The number of hydrogen-bond donors (Lipinski definition) is 0. The summed E-state index contributed by atoms with van der Waals surface area (Å²) < 4.78 is 63.9. The highest BCUT2D eigenvalue weighted by atomic mass is 32.2. The zero-order chi connectivity index (χ0) is 21.8. The van der Waals surface area contributed by atoms with Crippen LogP contribution in [0.3, 0.4) is 0 Å². The van der Waals surface area contributed by atoms with Crippen LogP contribution in [-0.4, -0.2) is 51.5 Å². The molecule has 1 spiro atoms. The fourth-order valence-electron chi connectivity index (χ4n) is 4.34. The lowest BCUT2D eigenvalue weighted by molar-refractivity contribution is -0.181. The predicted octanol–water partition coefficient (Wildman–Crippen LogP) is 2.83. The summed E-state index contributed by atoms with van der Waals surface area (Å²) in [6, 6.07) is 4.00. The molecule has 1 aliphatic carbocycles. The maximum Gasteiger partial charge on any atom is 0.497 e. The largest absolute Gasteiger partial charge is 0.497 e. The summed E-state index contributed by atoms with van der Waals surface area (Å²) in [5.74, 6) is -1.14. The molecule has 0 radical (unpaired) electrons. The molecular formula is C21H30BFO6S. The van der Waals surface area contributed by atoms with E-state index in [0.29, 0.717) is 38.9 Å². The first-order valence-electron chi connectivity index (χ1n) is 10.6. The maximum atomic E-state index is 14.9. The van der Waals surface area contributed by atoms with Gasteiger partial charge in [0.05, 0.1) is 35.1 Å². The van der Waals surface area contributed by atoms with Crippen molar-refractivity contribution in [1.29, 1.82) is 0 Å². The van der Waals surface area contributed by atoms with Crippen LogP contribution >= 0.6 is 0 Å². The minimum atomic E-state index is -3.61. The van der Waals surface area contributed by atoms with Crippen molar-refractivity contribution in [2.75, 3.05) is 19.0 Å². The molecule has 3 fully saturated rings.